The number of thiocarbonyl (C=S) groups is 1. The molecule has 0 aliphatic heterocycles. The zero-order valence-electron chi connectivity index (χ0n) is 29.7. The normalized spacial score (nSPS) is 11.3. The summed E-state index contributed by atoms with van der Waals surface area (Å²) in [6.07, 6.45) is 4.00. The summed E-state index contributed by atoms with van der Waals surface area (Å²) in [6.45, 7) is 1.62. The Balaban J connectivity index is 1.23. The number of aromatic nitrogens is 2. The highest BCUT2D eigenvalue weighted by molar-refractivity contribution is 7.80. The predicted molar refractivity (Wildman–Crippen MR) is 224 cm³/mol. The Kier molecular flexibility index (Phi) is 13.8. The van der Waals surface area contributed by atoms with Crippen molar-refractivity contribution in [3.05, 3.63) is 182 Å². The molecule has 0 radical (unpaired) electrons. The summed E-state index contributed by atoms with van der Waals surface area (Å²) in [5.74, 6) is 0.566. The smallest absolute Gasteiger partial charge is 0.226 e. The number of carbonyl (C=O) groups excluding carboxylic acids is 1. The van der Waals surface area contributed by atoms with Crippen LogP contribution in [0, 0.1) is 11.3 Å². The topological polar surface area (TPSA) is 95.2 Å². The van der Waals surface area contributed by atoms with Gasteiger partial charge in [0.25, 0.3) is 0 Å². The van der Waals surface area contributed by atoms with Crippen molar-refractivity contribution < 1.29 is 9.53 Å². The Bertz CT molecular complexity index is 2260. The van der Waals surface area contributed by atoms with Gasteiger partial charge in [-0.05, 0) is 89.4 Å². The third kappa shape index (κ3) is 11.6. The first-order valence-electron chi connectivity index (χ1n) is 17.5. The molecule has 1 heterocycles. The SMILES string of the molecule is N#Cc1ccc(Cn2cncc2CC(=O)N[C@@H](Cc2ccc(OCc3ccccc3)cc2)CN(Cc2cccc(Cl)c2Cl)C(=S)Nc2cccc(Cl)c2)cc1. The van der Waals surface area contributed by atoms with E-state index in [4.69, 9.17) is 51.8 Å². The Hall–Kier alpha value is -5.37. The van der Waals surface area contributed by atoms with Crippen LogP contribution in [0.3, 0.4) is 0 Å². The number of nitrogens with one attached hydrogen (secondary N) is 2. The van der Waals surface area contributed by atoms with Crippen LogP contribution in [0.4, 0.5) is 5.69 Å². The van der Waals surface area contributed by atoms with Crippen LogP contribution in [0.5, 0.6) is 5.75 Å². The summed E-state index contributed by atoms with van der Waals surface area (Å²) >= 11 is 25.4. The number of hydrogen-bond acceptors (Lipinski definition) is 5. The molecule has 6 rings (SSSR count). The average molecular weight is 808 g/mol. The third-order valence-corrected chi connectivity index (χ3v) is 10.2. The number of imidazole rings is 1. The highest BCUT2D eigenvalue weighted by Crippen LogP contribution is 2.27. The monoisotopic (exact) mass is 806 g/mol. The molecule has 0 aliphatic rings. The van der Waals surface area contributed by atoms with Gasteiger partial charge < -0.3 is 24.8 Å². The number of anilines is 1. The summed E-state index contributed by atoms with van der Waals surface area (Å²) in [7, 11) is 0. The van der Waals surface area contributed by atoms with E-state index in [1.165, 1.54) is 0 Å². The second-order valence-corrected chi connectivity index (χ2v) is 14.5. The van der Waals surface area contributed by atoms with Gasteiger partial charge in [-0.3, -0.25) is 4.79 Å². The number of amides is 1. The summed E-state index contributed by atoms with van der Waals surface area (Å²) in [5.41, 5.74) is 5.91. The number of rotatable bonds is 15. The van der Waals surface area contributed by atoms with E-state index >= 15 is 0 Å². The lowest BCUT2D eigenvalue weighted by Crippen LogP contribution is -2.48. The molecule has 278 valence electrons. The lowest BCUT2D eigenvalue weighted by Gasteiger charge is -2.31. The zero-order valence-corrected chi connectivity index (χ0v) is 32.8. The van der Waals surface area contributed by atoms with Crippen molar-refractivity contribution in [2.45, 2.75) is 38.6 Å². The molecule has 1 amide bonds. The first-order chi connectivity index (χ1) is 26.7. The van der Waals surface area contributed by atoms with Gasteiger partial charge in [0.1, 0.15) is 12.4 Å². The highest BCUT2D eigenvalue weighted by atomic mass is 35.5. The van der Waals surface area contributed by atoms with E-state index in [9.17, 15) is 10.1 Å². The van der Waals surface area contributed by atoms with Crippen LogP contribution in [0.2, 0.25) is 15.1 Å². The van der Waals surface area contributed by atoms with Crippen molar-refractivity contribution in [1.29, 1.82) is 5.26 Å². The molecule has 0 fully saturated rings. The lowest BCUT2D eigenvalue weighted by atomic mass is 10.0. The molecule has 5 aromatic carbocycles. The molecule has 0 bridgehead atoms. The maximum Gasteiger partial charge on any atom is 0.226 e. The predicted octanol–water partition coefficient (Wildman–Crippen LogP) is 9.51. The van der Waals surface area contributed by atoms with Gasteiger partial charge in [0, 0.05) is 42.2 Å². The molecule has 0 saturated heterocycles. The van der Waals surface area contributed by atoms with Crippen LogP contribution in [0.15, 0.2) is 134 Å². The molecule has 1 aromatic heterocycles. The van der Waals surface area contributed by atoms with Gasteiger partial charge in [0.2, 0.25) is 5.91 Å². The van der Waals surface area contributed by atoms with Gasteiger partial charge in [-0.2, -0.15) is 5.26 Å². The molecule has 2 N–H and O–H groups in total. The first kappa shape index (κ1) is 39.3. The van der Waals surface area contributed by atoms with Gasteiger partial charge in [0.15, 0.2) is 5.11 Å². The maximum atomic E-state index is 13.9. The molecule has 0 saturated carbocycles. The van der Waals surface area contributed by atoms with Crippen LogP contribution < -0.4 is 15.4 Å². The Morgan fingerprint density at radius 3 is 2.38 bits per heavy atom. The van der Waals surface area contributed by atoms with Crippen molar-refractivity contribution in [3.8, 4) is 11.8 Å². The Morgan fingerprint density at radius 2 is 1.64 bits per heavy atom. The summed E-state index contributed by atoms with van der Waals surface area (Å²) in [4.78, 5) is 20.2. The number of benzene rings is 5. The van der Waals surface area contributed by atoms with E-state index in [0.29, 0.717) is 58.4 Å². The van der Waals surface area contributed by atoms with Gasteiger partial charge in [-0.25, -0.2) is 4.98 Å². The fourth-order valence-corrected chi connectivity index (χ4v) is 6.83. The van der Waals surface area contributed by atoms with E-state index in [-0.39, 0.29) is 12.3 Å². The van der Waals surface area contributed by atoms with E-state index < -0.39 is 6.04 Å². The minimum atomic E-state index is -0.393. The molecule has 55 heavy (non-hydrogen) atoms. The van der Waals surface area contributed by atoms with Crippen LogP contribution in [-0.2, 0) is 37.3 Å². The fraction of sp³-hybridized carbons (Fsp3) is 0.163. The fourth-order valence-electron chi connectivity index (χ4n) is 6.00. The van der Waals surface area contributed by atoms with E-state index in [2.05, 4.69) is 21.7 Å². The molecule has 0 spiro atoms. The molecule has 12 heteroatoms. The molecular formula is C43H37Cl3N6O2S. The molecule has 6 aromatic rings. The highest BCUT2D eigenvalue weighted by Gasteiger charge is 2.22. The molecule has 0 unspecified atom stereocenters. The largest absolute Gasteiger partial charge is 0.489 e. The second-order valence-electron chi connectivity index (χ2n) is 12.9. The number of carbonyl (C=O) groups is 1. The molecule has 0 aliphatic carbocycles. The zero-order chi connectivity index (χ0) is 38.6. The lowest BCUT2D eigenvalue weighted by molar-refractivity contribution is -0.121. The number of ether oxygens (including phenoxy) is 1. The van der Waals surface area contributed by atoms with Crippen molar-refractivity contribution in [2.24, 2.45) is 0 Å². The van der Waals surface area contributed by atoms with Gasteiger partial charge in [-0.1, -0.05) is 108 Å². The summed E-state index contributed by atoms with van der Waals surface area (Å²) in [6, 6.07) is 39.8. The molecule has 8 nitrogen and oxygen atoms in total. The van der Waals surface area contributed by atoms with E-state index in [1.807, 2.05) is 100 Å². The third-order valence-electron chi connectivity index (χ3n) is 8.79. The van der Waals surface area contributed by atoms with E-state index in [1.54, 1.807) is 42.9 Å². The van der Waals surface area contributed by atoms with Gasteiger partial charge in [0.05, 0.1) is 40.5 Å². The Labute approximate surface area is 341 Å². The quantitative estimate of drug-likeness (QED) is 0.0999. The standard InChI is InChI=1S/C43H37Cl3N6O2S/c44-35-9-5-10-36(21-35)50-43(55)51(26-34-8-4-11-40(45)42(34)46)27-37(20-30-16-18-39(19-17-30)54-28-33-6-2-1-3-7-33)49-41(53)22-38-24-48-29-52(38)25-32-14-12-31(23-47)13-15-32/h1-19,21,24,29,37H,20,22,25-28H2,(H,49,53)(H,50,55)/t37-/m0/s1. The minimum Gasteiger partial charge on any atom is -0.489 e. The van der Waals surface area contributed by atoms with Crippen molar-refractivity contribution >= 4 is 63.7 Å². The van der Waals surface area contributed by atoms with Crippen LogP contribution in [-0.4, -0.2) is 38.1 Å². The minimum absolute atomic E-state index is 0.102. The first-order valence-corrected chi connectivity index (χ1v) is 19.0. The molecule has 1 atom stereocenters. The summed E-state index contributed by atoms with van der Waals surface area (Å²) < 4.78 is 7.96. The number of halogens is 3. The number of hydrogen-bond donors (Lipinski definition) is 2. The van der Waals surface area contributed by atoms with Gasteiger partial charge in [-0.15, -0.1) is 0 Å². The van der Waals surface area contributed by atoms with Crippen LogP contribution >= 0.6 is 47.0 Å². The summed E-state index contributed by atoms with van der Waals surface area (Å²) in [5, 5.41) is 17.6. The number of nitriles is 1. The number of nitrogens with zero attached hydrogens (tertiary/aromatic N) is 4. The molecular weight excluding hydrogens is 771 g/mol. The van der Waals surface area contributed by atoms with Crippen molar-refractivity contribution in [3.63, 3.8) is 0 Å². The maximum absolute atomic E-state index is 13.9. The van der Waals surface area contributed by atoms with Crippen molar-refractivity contribution in [1.82, 2.24) is 19.8 Å². The Morgan fingerprint density at radius 1 is 0.891 bits per heavy atom. The van der Waals surface area contributed by atoms with Gasteiger partial charge >= 0.3 is 0 Å². The van der Waals surface area contributed by atoms with E-state index in [0.717, 1.165) is 39.4 Å². The van der Waals surface area contributed by atoms with Crippen LogP contribution in [0.1, 0.15) is 33.5 Å². The average Bonchev–Trinajstić information content (AvgIpc) is 3.62. The van der Waals surface area contributed by atoms with Crippen molar-refractivity contribution in [2.75, 3.05) is 11.9 Å². The second kappa shape index (κ2) is 19.3. The van der Waals surface area contributed by atoms with Crippen LogP contribution in [0.25, 0.3) is 0 Å².